The van der Waals surface area contributed by atoms with Gasteiger partial charge in [0.15, 0.2) is 5.17 Å². The second-order valence-corrected chi connectivity index (χ2v) is 10.4. The highest BCUT2D eigenvalue weighted by Gasteiger charge is 2.41. The lowest BCUT2D eigenvalue weighted by Crippen LogP contribution is -2.38. The van der Waals surface area contributed by atoms with Crippen molar-refractivity contribution in [2.24, 2.45) is 4.99 Å². The van der Waals surface area contributed by atoms with Gasteiger partial charge in [0.25, 0.3) is 0 Å². The third-order valence-corrected chi connectivity index (χ3v) is 7.71. The largest absolute Gasteiger partial charge is 0.457 e. The Kier molecular flexibility index (Phi) is 8.36. The SMILES string of the molecule is CCN(C)C(=O)CC1=CSC2=NC(C)=C(C(=O)OCc3ccccc3)C(c3cccc(Oc4ccccc4)c3)N12. The number of hydrogen-bond donors (Lipinski definition) is 0. The average Bonchev–Trinajstić information content (AvgIpc) is 3.37. The summed E-state index contributed by atoms with van der Waals surface area (Å²) in [5, 5.41) is 2.67. The summed E-state index contributed by atoms with van der Waals surface area (Å²) in [5.41, 5.74) is 3.53. The zero-order valence-corrected chi connectivity index (χ0v) is 23.6. The molecule has 0 aliphatic carbocycles. The van der Waals surface area contributed by atoms with Crippen LogP contribution in [0.4, 0.5) is 0 Å². The molecule has 1 amide bonds. The average molecular weight is 554 g/mol. The number of thioether (sulfide) groups is 1. The monoisotopic (exact) mass is 553 g/mol. The van der Waals surface area contributed by atoms with Crippen molar-refractivity contribution >= 4 is 28.8 Å². The Morgan fingerprint density at radius 2 is 1.68 bits per heavy atom. The molecule has 0 spiro atoms. The Morgan fingerprint density at radius 3 is 2.40 bits per heavy atom. The summed E-state index contributed by atoms with van der Waals surface area (Å²) in [6.07, 6.45) is 0.193. The molecular formula is C32H31N3O4S. The van der Waals surface area contributed by atoms with Crippen LogP contribution in [0.5, 0.6) is 11.5 Å². The van der Waals surface area contributed by atoms with E-state index in [0.717, 1.165) is 22.0 Å². The van der Waals surface area contributed by atoms with Crippen LogP contribution in [0.15, 0.2) is 112 Å². The zero-order valence-electron chi connectivity index (χ0n) is 22.7. The molecule has 3 aromatic carbocycles. The van der Waals surface area contributed by atoms with Gasteiger partial charge in [0.1, 0.15) is 18.1 Å². The van der Waals surface area contributed by atoms with E-state index in [-0.39, 0.29) is 18.9 Å². The summed E-state index contributed by atoms with van der Waals surface area (Å²) in [7, 11) is 1.79. The van der Waals surface area contributed by atoms with Crippen LogP contribution in [-0.4, -0.2) is 40.4 Å². The molecule has 0 aromatic heterocycles. The van der Waals surface area contributed by atoms with E-state index >= 15 is 0 Å². The topological polar surface area (TPSA) is 71.4 Å². The van der Waals surface area contributed by atoms with Crippen molar-refractivity contribution in [3.05, 3.63) is 118 Å². The summed E-state index contributed by atoms with van der Waals surface area (Å²) in [5.74, 6) is 0.902. The molecule has 8 heteroatoms. The van der Waals surface area contributed by atoms with E-state index in [0.29, 0.717) is 29.3 Å². The van der Waals surface area contributed by atoms with Gasteiger partial charge in [0, 0.05) is 19.3 Å². The first kappa shape index (κ1) is 27.3. The number of fused-ring (bicyclic) bond motifs is 1. The van der Waals surface area contributed by atoms with E-state index < -0.39 is 12.0 Å². The molecule has 2 heterocycles. The fourth-order valence-electron chi connectivity index (χ4n) is 4.59. The van der Waals surface area contributed by atoms with E-state index in [1.165, 1.54) is 11.8 Å². The van der Waals surface area contributed by atoms with Gasteiger partial charge in [-0.2, -0.15) is 0 Å². The predicted octanol–water partition coefficient (Wildman–Crippen LogP) is 6.67. The maximum Gasteiger partial charge on any atom is 0.338 e. The van der Waals surface area contributed by atoms with Crippen molar-refractivity contribution in [1.82, 2.24) is 9.80 Å². The number of nitrogens with zero attached hydrogens (tertiary/aromatic N) is 3. The summed E-state index contributed by atoms with van der Waals surface area (Å²) in [4.78, 5) is 35.1. The molecule has 1 unspecified atom stereocenters. The Balaban J connectivity index is 1.51. The van der Waals surface area contributed by atoms with E-state index in [9.17, 15) is 9.59 Å². The molecule has 0 fully saturated rings. The van der Waals surface area contributed by atoms with Crippen LogP contribution < -0.4 is 4.74 Å². The maximum atomic E-state index is 13.7. The Hall–Kier alpha value is -4.30. The molecule has 0 N–H and O–H groups in total. The van der Waals surface area contributed by atoms with Crippen LogP contribution >= 0.6 is 11.8 Å². The maximum absolute atomic E-state index is 13.7. The normalized spacial score (nSPS) is 16.2. The van der Waals surface area contributed by atoms with Crippen molar-refractivity contribution in [2.75, 3.05) is 13.6 Å². The number of allylic oxidation sites excluding steroid dienone is 1. The van der Waals surface area contributed by atoms with Crippen LogP contribution in [0.3, 0.4) is 0 Å². The quantitative estimate of drug-likeness (QED) is 0.276. The van der Waals surface area contributed by atoms with Gasteiger partial charge in [-0.25, -0.2) is 9.79 Å². The Morgan fingerprint density at radius 1 is 0.975 bits per heavy atom. The van der Waals surface area contributed by atoms with Crippen molar-refractivity contribution < 1.29 is 19.1 Å². The fraction of sp³-hybridized carbons (Fsp3) is 0.219. The number of carbonyl (C=O) groups is 2. The lowest BCUT2D eigenvalue weighted by molar-refractivity contribution is -0.141. The van der Waals surface area contributed by atoms with Gasteiger partial charge in [-0.05, 0) is 54.6 Å². The second-order valence-electron chi connectivity index (χ2n) is 9.53. The van der Waals surface area contributed by atoms with E-state index in [4.69, 9.17) is 14.5 Å². The van der Waals surface area contributed by atoms with Crippen molar-refractivity contribution in [3.8, 4) is 11.5 Å². The van der Waals surface area contributed by atoms with Gasteiger partial charge in [-0.1, -0.05) is 72.4 Å². The Bertz CT molecular complexity index is 1480. The van der Waals surface area contributed by atoms with Gasteiger partial charge < -0.3 is 19.3 Å². The summed E-state index contributed by atoms with van der Waals surface area (Å²) in [6, 6.07) is 26.3. The molecule has 5 rings (SSSR count). The molecular weight excluding hydrogens is 522 g/mol. The number of esters is 1. The van der Waals surface area contributed by atoms with Gasteiger partial charge in [-0.3, -0.25) is 4.79 Å². The fourth-order valence-corrected chi connectivity index (χ4v) is 5.55. The molecule has 0 radical (unpaired) electrons. The third kappa shape index (κ3) is 5.97. The lowest BCUT2D eigenvalue weighted by Gasteiger charge is -2.36. The minimum Gasteiger partial charge on any atom is -0.457 e. The highest BCUT2D eigenvalue weighted by Crippen LogP contribution is 2.45. The van der Waals surface area contributed by atoms with Gasteiger partial charge in [-0.15, -0.1) is 0 Å². The molecule has 1 atom stereocenters. The molecule has 0 saturated heterocycles. The van der Waals surface area contributed by atoms with Crippen LogP contribution in [0, 0.1) is 0 Å². The van der Waals surface area contributed by atoms with Crippen LogP contribution in [0.2, 0.25) is 0 Å². The zero-order chi connectivity index (χ0) is 28.1. The number of para-hydroxylation sites is 1. The number of benzene rings is 3. The summed E-state index contributed by atoms with van der Waals surface area (Å²) in [6.45, 7) is 4.53. The van der Waals surface area contributed by atoms with E-state index in [2.05, 4.69) is 0 Å². The number of amides is 1. The number of hydrogen-bond acceptors (Lipinski definition) is 7. The first-order valence-corrected chi connectivity index (χ1v) is 14.0. The summed E-state index contributed by atoms with van der Waals surface area (Å²) < 4.78 is 11.9. The molecule has 3 aromatic rings. The van der Waals surface area contributed by atoms with Crippen molar-refractivity contribution in [3.63, 3.8) is 0 Å². The van der Waals surface area contributed by atoms with Crippen LogP contribution in [-0.2, 0) is 20.9 Å². The number of amidine groups is 1. The van der Waals surface area contributed by atoms with Crippen molar-refractivity contribution in [1.29, 1.82) is 0 Å². The van der Waals surface area contributed by atoms with Crippen molar-refractivity contribution in [2.45, 2.75) is 32.9 Å². The van der Waals surface area contributed by atoms with Crippen LogP contribution in [0.25, 0.3) is 0 Å². The number of rotatable bonds is 9. The molecule has 40 heavy (non-hydrogen) atoms. The lowest BCUT2D eigenvalue weighted by atomic mass is 9.93. The first-order valence-electron chi connectivity index (χ1n) is 13.2. The predicted molar refractivity (Wildman–Crippen MR) is 158 cm³/mol. The summed E-state index contributed by atoms with van der Waals surface area (Å²) >= 11 is 1.45. The number of carbonyl (C=O) groups excluding carboxylic acids is 2. The molecule has 0 saturated carbocycles. The standard InChI is InChI=1S/C32H31N3O4S/c1-4-34(3)28(36)19-25-21-40-32-33-22(2)29(31(37)38-20-23-12-7-5-8-13-23)30(35(25)32)24-14-11-17-27(18-24)39-26-15-9-6-10-16-26/h5-18,21,30H,4,19-20H2,1-3H3. The highest BCUT2D eigenvalue weighted by molar-refractivity contribution is 8.16. The molecule has 7 nitrogen and oxygen atoms in total. The minimum absolute atomic E-state index is 0.00464. The van der Waals surface area contributed by atoms with E-state index in [1.807, 2.05) is 109 Å². The number of aliphatic imine (C=N–C) groups is 1. The molecule has 204 valence electrons. The molecule has 2 aliphatic heterocycles. The van der Waals surface area contributed by atoms with Gasteiger partial charge in [0.2, 0.25) is 5.91 Å². The highest BCUT2D eigenvalue weighted by atomic mass is 32.2. The molecule has 0 bridgehead atoms. The van der Waals surface area contributed by atoms with Gasteiger partial charge >= 0.3 is 5.97 Å². The van der Waals surface area contributed by atoms with Crippen LogP contribution in [0.1, 0.15) is 37.4 Å². The number of ether oxygens (including phenoxy) is 2. The first-order chi connectivity index (χ1) is 19.4. The Labute approximate surface area is 238 Å². The minimum atomic E-state index is -0.545. The third-order valence-electron chi connectivity index (χ3n) is 6.82. The van der Waals surface area contributed by atoms with E-state index in [1.54, 1.807) is 11.9 Å². The smallest absolute Gasteiger partial charge is 0.338 e. The second kappa shape index (κ2) is 12.3. The van der Waals surface area contributed by atoms with Gasteiger partial charge in [0.05, 0.1) is 23.7 Å². The molecule has 2 aliphatic rings.